The van der Waals surface area contributed by atoms with E-state index in [1.165, 1.54) is 0 Å². The van der Waals surface area contributed by atoms with Crippen LogP contribution in [0.2, 0.25) is 0 Å². The van der Waals surface area contributed by atoms with Gasteiger partial charge in [-0.3, -0.25) is 14.0 Å². The lowest BCUT2D eigenvalue weighted by molar-refractivity contribution is 0.0951. The Balaban J connectivity index is 1.94. The molecule has 3 rings (SSSR count). The molecule has 0 bridgehead atoms. The van der Waals surface area contributed by atoms with Crippen molar-refractivity contribution in [1.29, 1.82) is 0 Å². The Kier molecular flexibility index (Phi) is 4.79. The van der Waals surface area contributed by atoms with Gasteiger partial charge < -0.3 is 10.6 Å². The van der Waals surface area contributed by atoms with Crippen LogP contribution in [0.5, 0.6) is 0 Å². The third-order valence-corrected chi connectivity index (χ3v) is 3.81. The van der Waals surface area contributed by atoms with Crippen molar-refractivity contribution in [2.24, 2.45) is 0 Å². The van der Waals surface area contributed by atoms with E-state index in [0.29, 0.717) is 17.7 Å². The molecule has 0 saturated carbocycles. The summed E-state index contributed by atoms with van der Waals surface area (Å²) < 4.78 is 1.63. The maximum Gasteiger partial charge on any atom is 0.292 e. The van der Waals surface area contributed by atoms with Gasteiger partial charge in [-0.2, -0.15) is 0 Å². The van der Waals surface area contributed by atoms with Crippen LogP contribution in [0.25, 0.3) is 5.52 Å². The molecule has 2 amide bonds. The first kappa shape index (κ1) is 16.7. The van der Waals surface area contributed by atoms with E-state index in [2.05, 4.69) is 15.6 Å². The lowest BCUT2D eigenvalue weighted by Gasteiger charge is -2.04. The normalized spacial score (nSPS) is 10.6. The Bertz CT molecular complexity index is 913. The van der Waals surface area contributed by atoms with Crippen LogP contribution in [0.15, 0.2) is 48.7 Å². The number of rotatable bonds is 5. The fourth-order valence-corrected chi connectivity index (χ4v) is 2.51. The van der Waals surface area contributed by atoms with Gasteiger partial charge in [0, 0.05) is 18.4 Å². The number of nitrogens with one attached hydrogen (secondary N) is 2. The van der Waals surface area contributed by atoms with Gasteiger partial charge in [0.15, 0.2) is 5.69 Å². The zero-order valence-electron chi connectivity index (χ0n) is 14.2. The number of anilines is 1. The molecule has 2 heterocycles. The standard InChI is InChI=1S/C19H20N4O2/c1-3-11-20-18(24)16-15-6-4-5-12-23(15)17(22-16)19(25)21-14-9-7-13(2)8-10-14/h4-10,12H,3,11H2,1-2H3,(H,20,24)(H,21,25). The van der Waals surface area contributed by atoms with E-state index in [1.54, 1.807) is 22.7 Å². The molecule has 0 radical (unpaired) electrons. The Morgan fingerprint density at radius 2 is 1.84 bits per heavy atom. The summed E-state index contributed by atoms with van der Waals surface area (Å²) >= 11 is 0. The van der Waals surface area contributed by atoms with E-state index < -0.39 is 0 Å². The number of imidazole rings is 1. The van der Waals surface area contributed by atoms with Crippen LogP contribution >= 0.6 is 0 Å². The van der Waals surface area contributed by atoms with Crippen LogP contribution in [0.3, 0.4) is 0 Å². The van der Waals surface area contributed by atoms with Gasteiger partial charge in [-0.05, 0) is 37.6 Å². The summed E-state index contributed by atoms with van der Waals surface area (Å²) in [4.78, 5) is 29.3. The number of amides is 2. The highest BCUT2D eigenvalue weighted by Gasteiger charge is 2.21. The fraction of sp³-hybridized carbons (Fsp3) is 0.211. The smallest absolute Gasteiger partial charge is 0.292 e. The minimum absolute atomic E-state index is 0.179. The number of aromatic nitrogens is 2. The van der Waals surface area contributed by atoms with Crippen LogP contribution in [0.4, 0.5) is 5.69 Å². The zero-order chi connectivity index (χ0) is 17.8. The topological polar surface area (TPSA) is 75.5 Å². The van der Waals surface area contributed by atoms with E-state index >= 15 is 0 Å². The lowest BCUT2D eigenvalue weighted by atomic mass is 10.2. The molecule has 3 aromatic rings. The molecule has 6 heteroatoms. The number of hydrogen-bond donors (Lipinski definition) is 2. The number of carbonyl (C=O) groups is 2. The van der Waals surface area contributed by atoms with Crippen molar-refractivity contribution in [3.63, 3.8) is 0 Å². The van der Waals surface area contributed by atoms with Gasteiger partial charge in [0.1, 0.15) is 0 Å². The Labute approximate surface area is 145 Å². The quantitative estimate of drug-likeness (QED) is 0.752. The van der Waals surface area contributed by atoms with Crippen molar-refractivity contribution in [3.05, 3.63) is 65.7 Å². The summed E-state index contributed by atoms with van der Waals surface area (Å²) in [6.45, 7) is 4.52. The van der Waals surface area contributed by atoms with Crippen LogP contribution in [-0.4, -0.2) is 27.7 Å². The van der Waals surface area contributed by atoms with E-state index in [9.17, 15) is 9.59 Å². The second-order valence-corrected chi connectivity index (χ2v) is 5.82. The van der Waals surface area contributed by atoms with Crippen LogP contribution in [0.1, 0.15) is 40.0 Å². The van der Waals surface area contributed by atoms with Crippen molar-refractivity contribution < 1.29 is 9.59 Å². The Hall–Kier alpha value is -3.15. The van der Waals surface area contributed by atoms with Crippen molar-refractivity contribution in [1.82, 2.24) is 14.7 Å². The Morgan fingerprint density at radius 3 is 2.56 bits per heavy atom. The molecule has 0 saturated heterocycles. The third kappa shape index (κ3) is 3.52. The van der Waals surface area contributed by atoms with Gasteiger partial charge in [-0.1, -0.05) is 30.7 Å². The number of nitrogens with zero attached hydrogens (tertiary/aromatic N) is 2. The molecule has 128 valence electrons. The minimum Gasteiger partial charge on any atom is -0.351 e. The van der Waals surface area contributed by atoms with Crippen LogP contribution in [0, 0.1) is 6.92 Å². The summed E-state index contributed by atoms with van der Waals surface area (Å²) in [5.74, 6) is -0.461. The minimum atomic E-state index is -0.361. The van der Waals surface area contributed by atoms with Gasteiger partial charge in [-0.25, -0.2) is 4.98 Å². The summed E-state index contributed by atoms with van der Waals surface area (Å²) in [6, 6.07) is 12.9. The molecule has 2 N–H and O–H groups in total. The Morgan fingerprint density at radius 1 is 1.08 bits per heavy atom. The molecule has 2 aromatic heterocycles. The van der Waals surface area contributed by atoms with E-state index in [4.69, 9.17) is 0 Å². The first-order valence-corrected chi connectivity index (χ1v) is 8.23. The number of benzene rings is 1. The lowest BCUT2D eigenvalue weighted by Crippen LogP contribution is -2.24. The zero-order valence-corrected chi connectivity index (χ0v) is 14.2. The van der Waals surface area contributed by atoms with Gasteiger partial charge in [0.05, 0.1) is 5.52 Å². The molecule has 0 aliphatic rings. The van der Waals surface area contributed by atoms with E-state index in [1.807, 2.05) is 44.2 Å². The second-order valence-electron chi connectivity index (χ2n) is 5.82. The van der Waals surface area contributed by atoms with Crippen molar-refractivity contribution >= 4 is 23.0 Å². The van der Waals surface area contributed by atoms with Gasteiger partial charge in [0.25, 0.3) is 11.8 Å². The summed E-state index contributed by atoms with van der Waals surface area (Å²) in [6.07, 6.45) is 2.56. The monoisotopic (exact) mass is 336 g/mol. The molecule has 6 nitrogen and oxygen atoms in total. The third-order valence-electron chi connectivity index (χ3n) is 3.81. The summed E-state index contributed by atoms with van der Waals surface area (Å²) in [7, 11) is 0. The number of fused-ring (bicyclic) bond motifs is 1. The van der Waals surface area contributed by atoms with Crippen LogP contribution in [-0.2, 0) is 0 Å². The van der Waals surface area contributed by atoms with Gasteiger partial charge in [0.2, 0.25) is 5.82 Å². The summed E-state index contributed by atoms with van der Waals surface area (Å²) in [5, 5.41) is 5.62. The molecule has 0 spiro atoms. The highest BCUT2D eigenvalue weighted by molar-refractivity contribution is 6.06. The van der Waals surface area contributed by atoms with Crippen molar-refractivity contribution in [2.75, 3.05) is 11.9 Å². The molecular weight excluding hydrogens is 316 g/mol. The first-order valence-electron chi connectivity index (χ1n) is 8.23. The summed E-state index contributed by atoms with van der Waals surface area (Å²) in [5.41, 5.74) is 2.65. The predicted molar refractivity (Wildman–Crippen MR) is 96.9 cm³/mol. The number of hydrogen-bond acceptors (Lipinski definition) is 3. The van der Waals surface area contributed by atoms with Crippen molar-refractivity contribution in [2.45, 2.75) is 20.3 Å². The molecule has 0 aliphatic carbocycles. The van der Waals surface area contributed by atoms with E-state index in [-0.39, 0.29) is 23.3 Å². The highest BCUT2D eigenvalue weighted by Crippen LogP contribution is 2.15. The predicted octanol–water partition coefficient (Wildman–Crippen LogP) is 3.03. The molecular formula is C19H20N4O2. The van der Waals surface area contributed by atoms with Gasteiger partial charge in [-0.15, -0.1) is 0 Å². The number of pyridine rings is 1. The average Bonchev–Trinajstić information content (AvgIpc) is 3.01. The van der Waals surface area contributed by atoms with Crippen LogP contribution < -0.4 is 10.6 Å². The van der Waals surface area contributed by atoms with Crippen molar-refractivity contribution in [3.8, 4) is 0 Å². The molecule has 25 heavy (non-hydrogen) atoms. The highest BCUT2D eigenvalue weighted by atomic mass is 16.2. The maximum absolute atomic E-state index is 12.6. The molecule has 0 unspecified atom stereocenters. The average molecular weight is 336 g/mol. The number of aryl methyl sites for hydroxylation is 1. The molecule has 1 aromatic carbocycles. The van der Waals surface area contributed by atoms with E-state index in [0.717, 1.165) is 12.0 Å². The second kappa shape index (κ2) is 7.17. The SMILES string of the molecule is CCCNC(=O)c1nc(C(=O)Nc2ccc(C)cc2)n2ccccc12. The largest absolute Gasteiger partial charge is 0.351 e. The first-order chi connectivity index (χ1) is 12.1. The number of carbonyl (C=O) groups excluding carboxylic acids is 2. The molecule has 0 aliphatic heterocycles. The molecule has 0 atom stereocenters. The molecule has 0 fully saturated rings. The fourth-order valence-electron chi connectivity index (χ4n) is 2.51. The maximum atomic E-state index is 12.6. The van der Waals surface area contributed by atoms with Gasteiger partial charge >= 0.3 is 0 Å².